The van der Waals surface area contributed by atoms with E-state index in [2.05, 4.69) is 10.3 Å². The van der Waals surface area contributed by atoms with Crippen LogP contribution in [0.5, 0.6) is 0 Å². The first-order chi connectivity index (χ1) is 13.1. The number of aromatic nitrogens is 3. The van der Waals surface area contributed by atoms with Crippen molar-refractivity contribution < 1.29 is 18.0 Å². The van der Waals surface area contributed by atoms with Crippen LogP contribution in [0.1, 0.15) is 21.9 Å². The monoisotopic (exact) mass is 386 g/mol. The summed E-state index contributed by atoms with van der Waals surface area (Å²) in [7, 11) is 3.11. The van der Waals surface area contributed by atoms with Crippen LogP contribution >= 0.6 is 0 Å². The highest BCUT2D eigenvalue weighted by molar-refractivity contribution is 6.07. The number of hydrogen-bond donors (Lipinski definition) is 1. The fourth-order valence-electron chi connectivity index (χ4n) is 3.41. The molecule has 0 unspecified atom stereocenters. The maximum absolute atomic E-state index is 13.0. The number of amides is 1. The second-order valence-corrected chi connectivity index (χ2v) is 6.80. The molecule has 5 nitrogen and oxygen atoms in total. The number of imidazole rings is 1. The van der Waals surface area contributed by atoms with E-state index in [1.807, 2.05) is 25.1 Å². The van der Waals surface area contributed by atoms with Gasteiger partial charge in [-0.05, 0) is 43.3 Å². The van der Waals surface area contributed by atoms with E-state index >= 15 is 0 Å². The second kappa shape index (κ2) is 6.12. The molecule has 2 heterocycles. The number of carbonyl (C=O) groups excluding carboxylic acids is 1. The summed E-state index contributed by atoms with van der Waals surface area (Å²) in [6.45, 7) is 1.98. The minimum Gasteiger partial charge on any atom is -0.340 e. The lowest BCUT2D eigenvalue weighted by molar-refractivity contribution is -0.146. The number of nitrogens with one attached hydrogen (secondary N) is 1. The van der Waals surface area contributed by atoms with Gasteiger partial charge in [0.2, 0.25) is 5.82 Å². The van der Waals surface area contributed by atoms with Crippen molar-refractivity contribution in [2.75, 3.05) is 5.32 Å². The zero-order chi connectivity index (χ0) is 20.2. The molecule has 1 amide bonds. The van der Waals surface area contributed by atoms with E-state index < -0.39 is 12.0 Å². The lowest BCUT2D eigenvalue weighted by Crippen LogP contribution is -2.15. The molecule has 0 saturated carbocycles. The van der Waals surface area contributed by atoms with Gasteiger partial charge >= 0.3 is 6.18 Å². The van der Waals surface area contributed by atoms with Crippen LogP contribution in [-0.4, -0.2) is 20.0 Å². The lowest BCUT2D eigenvalue weighted by atomic mass is 10.2. The maximum Gasteiger partial charge on any atom is 0.449 e. The van der Waals surface area contributed by atoms with Crippen molar-refractivity contribution in [2.45, 2.75) is 13.1 Å². The van der Waals surface area contributed by atoms with Gasteiger partial charge in [0.1, 0.15) is 5.69 Å². The van der Waals surface area contributed by atoms with E-state index in [4.69, 9.17) is 0 Å². The molecule has 0 aliphatic heterocycles. The number of aryl methyl sites for hydroxylation is 3. The topological polar surface area (TPSA) is 51.9 Å². The highest BCUT2D eigenvalue weighted by Crippen LogP contribution is 2.31. The average Bonchev–Trinajstić information content (AvgIpc) is 3.12. The first kappa shape index (κ1) is 18.1. The molecular weight excluding hydrogens is 369 g/mol. The Morgan fingerprint density at radius 2 is 1.71 bits per heavy atom. The van der Waals surface area contributed by atoms with Crippen LogP contribution in [0, 0.1) is 6.92 Å². The number of benzene rings is 2. The molecule has 0 saturated heterocycles. The van der Waals surface area contributed by atoms with Gasteiger partial charge in [-0.2, -0.15) is 13.2 Å². The molecule has 0 fully saturated rings. The molecule has 1 N–H and O–H groups in total. The van der Waals surface area contributed by atoms with Gasteiger partial charge in [0.05, 0.1) is 11.0 Å². The van der Waals surface area contributed by atoms with Crippen LogP contribution in [0.3, 0.4) is 0 Å². The van der Waals surface area contributed by atoms with Crippen LogP contribution in [0.15, 0.2) is 42.5 Å². The molecular formula is C20H17F3N4O. The Balaban J connectivity index is 1.68. The molecule has 0 aliphatic rings. The van der Waals surface area contributed by atoms with Gasteiger partial charge in [-0.1, -0.05) is 11.6 Å². The highest BCUT2D eigenvalue weighted by Gasteiger charge is 2.36. The molecule has 4 rings (SSSR count). The van der Waals surface area contributed by atoms with Crippen molar-refractivity contribution in [1.29, 1.82) is 0 Å². The molecule has 0 spiro atoms. The Kier molecular flexibility index (Phi) is 3.95. The molecule has 28 heavy (non-hydrogen) atoms. The first-order valence-corrected chi connectivity index (χ1v) is 8.56. The third-order valence-electron chi connectivity index (χ3n) is 4.82. The van der Waals surface area contributed by atoms with Crippen molar-refractivity contribution in [1.82, 2.24) is 14.1 Å². The highest BCUT2D eigenvalue weighted by atomic mass is 19.4. The molecule has 0 bridgehead atoms. The van der Waals surface area contributed by atoms with Crippen molar-refractivity contribution in [3.8, 4) is 0 Å². The van der Waals surface area contributed by atoms with Crippen LogP contribution < -0.4 is 5.32 Å². The largest absolute Gasteiger partial charge is 0.449 e. The minimum absolute atomic E-state index is 0.167. The van der Waals surface area contributed by atoms with Crippen molar-refractivity contribution in [2.24, 2.45) is 14.1 Å². The number of alkyl halides is 3. The predicted molar refractivity (Wildman–Crippen MR) is 101 cm³/mol. The van der Waals surface area contributed by atoms with Gasteiger partial charge in [0.15, 0.2) is 0 Å². The summed E-state index contributed by atoms with van der Waals surface area (Å²) in [6.07, 6.45) is -4.54. The molecule has 2 aromatic heterocycles. The summed E-state index contributed by atoms with van der Waals surface area (Å²) in [5.74, 6) is -1.32. The quantitative estimate of drug-likeness (QED) is 0.545. The molecule has 4 aromatic rings. The van der Waals surface area contributed by atoms with Gasteiger partial charge < -0.3 is 14.5 Å². The average molecular weight is 386 g/mol. The molecule has 0 radical (unpaired) electrons. The zero-order valence-corrected chi connectivity index (χ0v) is 15.4. The number of hydrogen-bond acceptors (Lipinski definition) is 2. The van der Waals surface area contributed by atoms with Gasteiger partial charge in [-0.15, -0.1) is 0 Å². The fourth-order valence-corrected chi connectivity index (χ4v) is 3.41. The molecule has 0 atom stereocenters. The molecule has 0 aliphatic carbocycles. The SMILES string of the molecule is Cc1ccc2c(c1)cc(C(=O)Nc1ccc3c(c1)nc(C(F)(F)F)n3C)n2C. The number of nitrogens with zero attached hydrogens (tertiary/aromatic N) is 3. The predicted octanol–water partition coefficient (Wildman–Crippen LogP) is 4.64. The Bertz CT molecular complexity index is 1230. The number of carbonyl (C=O) groups is 1. The first-order valence-electron chi connectivity index (χ1n) is 8.56. The van der Waals surface area contributed by atoms with Gasteiger partial charge in [0, 0.05) is 30.7 Å². The summed E-state index contributed by atoms with van der Waals surface area (Å²) in [5, 5.41) is 3.69. The van der Waals surface area contributed by atoms with Crippen LogP contribution in [0.25, 0.3) is 21.9 Å². The number of fused-ring (bicyclic) bond motifs is 2. The third-order valence-corrected chi connectivity index (χ3v) is 4.82. The number of halogens is 3. The minimum atomic E-state index is -4.54. The Labute approximate surface area is 158 Å². The van der Waals surface area contributed by atoms with Crippen molar-refractivity contribution in [3.05, 3.63) is 59.5 Å². The Morgan fingerprint density at radius 3 is 2.43 bits per heavy atom. The fraction of sp³-hybridized carbons (Fsp3) is 0.200. The van der Waals surface area contributed by atoms with E-state index in [9.17, 15) is 18.0 Å². The molecule has 2 aromatic carbocycles. The summed E-state index contributed by atoms with van der Waals surface area (Å²) in [6, 6.07) is 12.2. The lowest BCUT2D eigenvalue weighted by Gasteiger charge is -2.07. The Hall–Kier alpha value is -3.29. The van der Waals surface area contributed by atoms with Gasteiger partial charge in [0.25, 0.3) is 5.91 Å². The normalized spacial score (nSPS) is 12.1. The molecule has 8 heteroatoms. The summed E-state index contributed by atoms with van der Waals surface area (Å²) in [4.78, 5) is 16.4. The van der Waals surface area contributed by atoms with Crippen LogP contribution in [0.4, 0.5) is 18.9 Å². The van der Waals surface area contributed by atoms with Gasteiger partial charge in [-0.25, -0.2) is 4.98 Å². The number of anilines is 1. The summed E-state index contributed by atoms with van der Waals surface area (Å²) < 4.78 is 41.9. The van der Waals surface area contributed by atoms with Crippen molar-refractivity contribution >= 4 is 33.5 Å². The summed E-state index contributed by atoms with van der Waals surface area (Å²) >= 11 is 0. The second-order valence-electron chi connectivity index (χ2n) is 6.80. The van der Waals surface area contributed by atoms with E-state index in [-0.39, 0.29) is 11.4 Å². The van der Waals surface area contributed by atoms with E-state index in [0.29, 0.717) is 16.9 Å². The number of rotatable bonds is 2. The summed E-state index contributed by atoms with van der Waals surface area (Å²) in [5.41, 5.74) is 3.35. The standard InChI is InChI=1S/C20H17F3N4O/c1-11-4-6-15-12(8-11)9-17(26(15)2)18(28)24-13-5-7-16-14(10-13)25-19(27(16)3)20(21,22)23/h4-10H,1-3H3,(H,24,28). The van der Waals surface area contributed by atoms with E-state index in [0.717, 1.165) is 21.0 Å². The zero-order valence-electron chi connectivity index (χ0n) is 15.4. The maximum atomic E-state index is 13.0. The van der Waals surface area contributed by atoms with Crippen LogP contribution in [0.2, 0.25) is 0 Å². The van der Waals surface area contributed by atoms with E-state index in [1.165, 1.54) is 19.2 Å². The molecule has 144 valence electrons. The Morgan fingerprint density at radius 1 is 1.00 bits per heavy atom. The van der Waals surface area contributed by atoms with Crippen LogP contribution in [-0.2, 0) is 20.3 Å². The third kappa shape index (κ3) is 2.90. The van der Waals surface area contributed by atoms with Gasteiger partial charge in [-0.3, -0.25) is 4.79 Å². The van der Waals surface area contributed by atoms with Crippen molar-refractivity contribution in [3.63, 3.8) is 0 Å². The van der Waals surface area contributed by atoms with E-state index in [1.54, 1.807) is 23.7 Å². The smallest absolute Gasteiger partial charge is 0.340 e.